The number of ketones is 1. The number of Topliss-reactive ketones (excluding diaryl/α,β-unsaturated/α-hetero) is 1. The summed E-state index contributed by atoms with van der Waals surface area (Å²) in [5, 5.41) is 25.9. The summed E-state index contributed by atoms with van der Waals surface area (Å²) in [5.41, 5.74) is 0.305. The Kier molecular flexibility index (Phi) is 5.19. The number of benzene rings is 2. The van der Waals surface area contributed by atoms with Gasteiger partial charge < -0.3 is 14.4 Å². The van der Waals surface area contributed by atoms with Crippen LogP contribution in [0.2, 0.25) is 0 Å². The lowest BCUT2D eigenvalue weighted by atomic mass is 9.95. The number of aryl methyl sites for hydroxylation is 1. The first-order valence-electron chi connectivity index (χ1n) is 9.45. The summed E-state index contributed by atoms with van der Waals surface area (Å²) in [6.45, 7) is 1.63. The van der Waals surface area contributed by atoms with E-state index in [-0.39, 0.29) is 22.6 Å². The van der Waals surface area contributed by atoms with Crippen molar-refractivity contribution < 1.29 is 28.9 Å². The van der Waals surface area contributed by atoms with Gasteiger partial charge in [-0.3, -0.25) is 24.6 Å². The summed E-state index contributed by atoms with van der Waals surface area (Å²) in [7, 11) is 1.46. The molecule has 3 aromatic rings. The second-order valence-corrected chi connectivity index (χ2v) is 7.05. The van der Waals surface area contributed by atoms with Crippen LogP contribution in [0.5, 0.6) is 5.75 Å². The van der Waals surface area contributed by atoms with Crippen LogP contribution in [0.15, 0.2) is 64.7 Å². The number of nitro benzene ring substituents is 1. The number of anilines is 1. The molecule has 0 saturated carbocycles. The predicted octanol–water partition coefficient (Wildman–Crippen LogP) is 3.53. The molecule has 0 bridgehead atoms. The molecule has 1 unspecified atom stereocenters. The highest BCUT2D eigenvalue weighted by Gasteiger charge is 2.48. The predicted molar refractivity (Wildman–Crippen MR) is 112 cm³/mol. The van der Waals surface area contributed by atoms with Crippen molar-refractivity contribution in [2.24, 2.45) is 0 Å². The fourth-order valence-corrected chi connectivity index (χ4v) is 3.56. The van der Waals surface area contributed by atoms with Crippen LogP contribution in [0.3, 0.4) is 0 Å². The van der Waals surface area contributed by atoms with Crippen LogP contribution in [-0.2, 0) is 9.59 Å². The van der Waals surface area contributed by atoms with Crippen molar-refractivity contribution in [1.82, 2.24) is 5.16 Å². The minimum Gasteiger partial charge on any atom is -0.507 e. The fraction of sp³-hybridized carbons (Fsp3) is 0.136. The van der Waals surface area contributed by atoms with E-state index in [9.17, 15) is 24.8 Å². The van der Waals surface area contributed by atoms with Crippen LogP contribution in [0, 0.1) is 17.0 Å². The zero-order chi connectivity index (χ0) is 23.0. The molecule has 1 saturated heterocycles. The van der Waals surface area contributed by atoms with Crippen molar-refractivity contribution in [3.63, 3.8) is 0 Å². The smallest absolute Gasteiger partial charge is 0.301 e. The summed E-state index contributed by atoms with van der Waals surface area (Å²) in [4.78, 5) is 37.6. The molecule has 32 heavy (non-hydrogen) atoms. The van der Waals surface area contributed by atoms with Gasteiger partial charge in [0.25, 0.3) is 11.5 Å². The van der Waals surface area contributed by atoms with Crippen molar-refractivity contribution in [2.45, 2.75) is 13.0 Å². The molecule has 0 radical (unpaired) electrons. The maximum atomic E-state index is 13.0. The molecule has 1 aliphatic rings. The molecule has 1 amide bonds. The van der Waals surface area contributed by atoms with Crippen molar-refractivity contribution in [3.05, 3.63) is 87.2 Å². The average molecular weight is 435 g/mol. The summed E-state index contributed by atoms with van der Waals surface area (Å²) >= 11 is 0. The Balaban J connectivity index is 1.93. The van der Waals surface area contributed by atoms with Gasteiger partial charge >= 0.3 is 5.91 Å². The maximum absolute atomic E-state index is 13.0. The largest absolute Gasteiger partial charge is 0.507 e. The first-order valence-corrected chi connectivity index (χ1v) is 9.45. The Morgan fingerprint density at radius 1 is 1.19 bits per heavy atom. The molecule has 1 fully saturated rings. The van der Waals surface area contributed by atoms with Crippen LogP contribution >= 0.6 is 0 Å². The number of hydrogen-bond donors (Lipinski definition) is 1. The molecule has 0 spiro atoms. The Morgan fingerprint density at radius 2 is 1.91 bits per heavy atom. The van der Waals surface area contributed by atoms with E-state index in [4.69, 9.17) is 9.26 Å². The van der Waals surface area contributed by atoms with Crippen LogP contribution in [-0.4, -0.2) is 34.0 Å². The Labute approximate surface area is 181 Å². The lowest BCUT2D eigenvalue weighted by Crippen LogP contribution is -2.29. The highest BCUT2D eigenvalue weighted by atomic mass is 16.6. The van der Waals surface area contributed by atoms with Gasteiger partial charge in [-0.05, 0) is 36.8 Å². The minimum absolute atomic E-state index is 0.0812. The van der Waals surface area contributed by atoms with E-state index in [1.807, 2.05) is 0 Å². The van der Waals surface area contributed by atoms with Crippen molar-refractivity contribution in [3.8, 4) is 5.75 Å². The monoisotopic (exact) mass is 435 g/mol. The number of rotatable bonds is 5. The van der Waals surface area contributed by atoms with Crippen molar-refractivity contribution >= 4 is 29.0 Å². The molecule has 1 atom stereocenters. The summed E-state index contributed by atoms with van der Waals surface area (Å²) in [5.74, 6) is -1.30. The number of carbonyl (C=O) groups is 2. The maximum Gasteiger partial charge on any atom is 0.301 e. The molecule has 1 aliphatic heterocycles. The van der Waals surface area contributed by atoms with Crippen molar-refractivity contribution in [1.29, 1.82) is 0 Å². The number of nitrogens with zero attached hydrogens (tertiary/aromatic N) is 3. The number of ether oxygens (including phenoxy) is 1. The molecular weight excluding hydrogens is 418 g/mol. The quantitative estimate of drug-likeness (QED) is 0.211. The molecule has 4 rings (SSSR count). The van der Waals surface area contributed by atoms with Gasteiger partial charge in [-0.2, -0.15) is 0 Å². The van der Waals surface area contributed by atoms with Gasteiger partial charge in [0.05, 0.1) is 23.6 Å². The zero-order valence-electron chi connectivity index (χ0n) is 17.0. The number of methoxy groups -OCH3 is 1. The standard InChI is InChI=1S/C22H17N3O7/c1-12-10-17(23-32-12)24-19(13-6-8-15(9-7-13)25(29)30)18(21(27)22(24)28)20(26)14-4-3-5-16(11-14)31-2/h3-11,19,26H,1-2H3. The summed E-state index contributed by atoms with van der Waals surface area (Å²) in [6, 6.07) is 12.2. The van der Waals surface area contributed by atoms with Crippen LogP contribution in [0.25, 0.3) is 5.76 Å². The van der Waals surface area contributed by atoms with Crippen molar-refractivity contribution in [2.75, 3.05) is 12.0 Å². The second kappa shape index (κ2) is 7.99. The van der Waals surface area contributed by atoms with Crippen LogP contribution < -0.4 is 9.64 Å². The number of amides is 1. The SMILES string of the molecule is COc1cccc(C(O)=C2C(=O)C(=O)N(c3cc(C)on3)C2c2ccc([N+](=O)[O-])cc2)c1. The van der Waals surface area contributed by atoms with E-state index in [2.05, 4.69) is 5.16 Å². The number of non-ortho nitro benzene ring substituents is 1. The van der Waals surface area contributed by atoms with Gasteiger partial charge in [0.1, 0.15) is 17.3 Å². The van der Waals surface area contributed by atoms with E-state index in [0.717, 1.165) is 4.90 Å². The summed E-state index contributed by atoms with van der Waals surface area (Å²) < 4.78 is 10.2. The number of nitro groups is 1. The highest BCUT2D eigenvalue weighted by Crippen LogP contribution is 2.42. The Bertz CT molecular complexity index is 1260. The lowest BCUT2D eigenvalue weighted by Gasteiger charge is -2.22. The normalized spacial score (nSPS) is 17.6. The highest BCUT2D eigenvalue weighted by molar-refractivity contribution is 6.51. The number of aliphatic hydroxyl groups excluding tert-OH is 1. The van der Waals surface area contributed by atoms with E-state index in [0.29, 0.717) is 17.1 Å². The number of hydrogen-bond acceptors (Lipinski definition) is 8. The average Bonchev–Trinajstić information content (AvgIpc) is 3.34. The molecule has 2 heterocycles. The third-order valence-corrected chi connectivity index (χ3v) is 5.07. The van der Waals surface area contributed by atoms with Gasteiger partial charge in [0.15, 0.2) is 5.82 Å². The van der Waals surface area contributed by atoms with E-state index < -0.39 is 28.4 Å². The fourth-order valence-electron chi connectivity index (χ4n) is 3.56. The van der Waals surface area contributed by atoms with E-state index in [1.54, 1.807) is 25.1 Å². The first-order chi connectivity index (χ1) is 15.3. The first kappa shape index (κ1) is 20.8. The van der Waals surface area contributed by atoms with Gasteiger partial charge in [-0.1, -0.05) is 17.3 Å². The molecule has 0 aliphatic carbocycles. The Hall–Kier alpha value is -4.47. The molecule has 10 nitrogen and oxygen atoms in total. The zero-order valence-corrected chi connectivity index (χ0v) is 17.0. The number of aliphatic hydroxyl groups is 1. The Morgan fingerprint density at radius 3 is 2.50 bits per heavy atom. The topological polar surface area (TPSA) is 136 Å². The van der Waals surface area contributed by atoms with Gasteiger partial charge in [-0.15, -0.1) is 0 Å². The molecular formula is C22H17N3O7. The number of carbonyl (C=O) groups excluding carboxylic acids is 2. The molecule has 1 aromatic heterocycles. The second-order valence-electron chi connectivity index (χ2n) is 7.05. The van der Waals surface area contributed by atoms with Gasteiger partial charge in [0.2, 0.25) is 0 Å². The molecule has 1 N–H and O–H groups in total. The molecule has 2 aromatic carbocycles. The lowest BCUT2D eigenvalue weighted by molar-refractivity contribution is -0.384. The van der Waals surface area contributed by atoms with Gasteiger partial charge in [-0.25, -0.2) is 0 Å². The number of aromatic nitrogens is 1. The molecule has 10 heteroatoms. The van der Waals surface area contributed by atoms with Crippen LogP contribution in [0.4, 0.5) is 11.5 Å². The summed E-state index contributed by atoms with van der Waals surface area (Å²) in [6.07, 6.45) is 0. The third-order valence-electron chi connectivity index (χ3n) is 5.07. The van der Waals surface area contributed by atoms with E-state index in [1.165, 1.54) is 43.5 Å². The van der Waals surface area contributed by atoms with E-state index >= 15 is 0 Å². The molecule has 162 valence electrons. The third kappa shape index (κ3) is 3.47. The van der Waals surface area contributed by atoms with Crippen LogP contribution in [0.1, 0.15) is 22.9 Å². The van der Waals surface area contributed by atoms with Gasteiger partial charge in [0, 0.05) is 23.8 Å². The minimum atomic E-state index is -1.08.